The second kappa shape index (κ2) is 3.49. The van der Waals surface area contributed by atoms with E-state index >= 15 is 0 Å². The third-order valence-corrected chi connectivity index (χ3v) is 6.12. The summed E-state index contributed by atoms with van der Waals surface area (Å²) in [4.78, 5) is 14.7. The van der Waals surface area contributed by atoms with Crippen LogP contribution in [0.25, 0.3) is 0 Å². The van der Waals surface area contributed by atoms with E-state index in [1.165, 1.54) is 32.1 Å². The van der Waals surface area contributed by atoms with Gasteiger partial charge in [-0.2, -0.15) is 0 Å². The van der Waals surface area contributed by atoms with Crippen LogP contribution in [0.2, 0.25) is 0 Å². The topological polar surface area (TPSA) is 20.3 Å². The minimum atomic E-state index is 0.467. The van der Waals surface area contributed by atoms with Crippen LogP contribution in [0.4, 0.5) is 0 Å². The molecule has 1 saturated heterocycles. The summed E-state index contributed by atoms with van der Waals surface area (Å²) in [5.41, 5.74) is 0. The molecule has 4 aliphatic rings. The van der Waals surface area contributed by atoms with Crippen molar-refractivity contribution in [3.05, 3.63) is 0 Å². The Balaban J connectivity index is 1.42. The van der Waals surface area contributed by atoms with Crippen molar-refractivity contribution in [2.75, 3.05) is 13.1 Å². The molecule has 17 heavy (non-hydrogen) atoms. The average Bonchev–Trinajstić information content (AvgIpc) is 2.77. The van der Waals surface area contributed by atoms with Gasteiger partial charge in [0.25, 0.3) is 0 Å². The van der Waals surface area contributed by atoms with Crippen LogP contribution in [0.3, 0.4) is 0 Å². The van der Waals surface area contributed by atoms with Crippen LogP contribution in [-0.4, -0.2) is 23.9 Å². The van der Waals surface area contributed by atoms with Crippen molar-refractivity contribution < 1.29 is 4.79 Å². The maximum atomic E-state index is 12.5. The molecule has 4 rings (SSSR count). The highest BCUT2D eigenvalue weighted by molar-refractivity contribution is 5.83. The molecule has 0 spiro atoms. The van der Waals surface area contributed by atoms with Crippen molar-refractivity contribution in [3.8, 4) is 0 Å². The monoisotopic (exact) mass is 233 g/mol. The van der Waals surface area contributed by atoms with Gasteiger partial charge in [-0.15, -0.1) is 0 Å². The van der Waals surface area contributed by atoms with Crippen molar-refractivity contribution in [1.29, 1.82) is 0 Å². The van der Waals surface area contributed by atoms with Gasteiger partial charge >= 0.3 is 0 Å². The van der Waals surface area contributed by atoms with Gasteiger partial charge in [-0.1, -0.05) is 6.92 Å². The van der Waals surface area contributed by atoms with E-state index in [2.05, 4.69) is 11.8 Å². The summed E-state index contributed by atoms with van der Waals surface area (Å²) in [6.07, 6.45) is 6.75. The lowest BCUT2D eigenvalue weighted by molar-refractivity contribution is -0.135. The zero-order valence-corrected chi connectivity index (χ0v) is 10.8. The summed E-state index contributed by atoms with van der Waals surface area (Å²) in [6, 6.07) is 0. The van der Waals surface area contributed by atoms with Gasteiger partial charge in [-0.25, -0.2) is 0 Å². The molecule has 94 valence electrons. The highest BCUT2D eigenvalue weighted by Gasteiger charge is 2.67. The average molecular weight is 233 g/mol. The van der Waals surface area contributed by atoms with Crippen molar-refractivity contribution in [2.24, 2.45) is 35.5 Å². The Morgan fingerprint density at radius 3 is 2.18 bits per heavy atom. The van der Waals surface area contributed by atoms with Gasteiger partial charge in [0.1, 0.15) is 0 Å². The van der Waals surface area contributed by atoms with Gasteiger partial charge in [-0.05, 0) is 61.7 Å². The summed E-state index contributed by atoms with van der Waals surface area (Å²) >= 11 is 0. The lowest BCUT2D eigenvalue weighted by Crippen LogP contribution is -2.39. The van der Waals surface area contributed by atoms with E-state index in [0.717, 1.165) is 42.7 Å². The smallest absolute Gasteiger partial charge is 0.226 e. The Kier molecular flexibility index (Phi) is 2.13. The minimum absolute atomic E-state index is 0.467. The molecule has 2 heteroatoms. The molecule has 2 nitrogen and oxygen atoms in total. The van der Waals surface area contributed by atoms with Crippen LogP contribution in [0.1, 0.15) is 39.0 Å². The maximum Gasteiger partial charge on any atom is 0.226 e. The fourth-order valence-corrected chi connectivity index (χ4v) is 5.10. The van der Waals surface area contributed by atoms with Gasteiger partial charge in [0.2, 0.25) is 5.91 Å². The number of amides is 1. The van der Waals surface area contributed by atoms with Crippen molar-refractivity contribution in [2.45, 2.75) is 39.0 Å². The quantitative estimate of drug-likeness (QED) is 0.681. The normalized spacial score (nSPS) is 48.3. The Bertz CT molecular complexity index is 329. The van der Waals surface area contributed by atoms with Crippen molar-refractivity contribution >= 4 is 5.91 Å². The molecule has 3 aliphatic carbocycles. The molecule has 0 radical (unpaired) electrons. The summed E-state index contributed by atoms with van der Waals surface area (Å²) in [5.74, 6) is 5.33. The molecule has 5 atom stereocenters. The summed E-state index contributed by atoms with van der Waals surface area (Å²) in [6.45, 7) is 4.38. The van der Waals surface area contributed by atoms with Crippen molar-refractivity contribution in [1.82, 2.24) is 4.90 Å². The van der Waals surface area contributed by atoms with Crippen LogP contribution >= 0.6 is 0 Å². The predicted octanol–water partition coefficient (Wildman–Crippen LogP) is 2.54. The first-order valence-electron chi connectivity index (χ1n) is 7.54. The van der Waals surface area contributed by atoms with E-state index < -0.39 is 0 Å². The molecule has 2 bridgehead atoms. The summed E-state index contributed by atoms with van der Waals surface area (Å²) in [7, 11) is 0. The molecule has 1 amide bonds. The van der Waals surface area contributed by atoms with Crippen LogP contribution in [0.5, 0.6) is 0 Å². The molecule has 4 fully saturated rings. The number of hydrogen-bond donors (Lipinski definition) is 0. The zero-order chi connectivity index (χ0) is 11.6. The summed E-state index contributed by atoms with van der Waals surface area (Å²) < 4.78 is 0. The standard InChI is InChI=1S/C15H23NO/c1-9-4-6-16(7-5-9)15(17)14-12-10-2-3-11(8-10)13(12)14/h9-14H,2-8H2,1H3/t10-,11-,12-,13+,14?/m0/s1. The minimum Gasteiger partial charge on any atom is -0.342 e. The van der Waals surface area contributed by atoms with Crippen molar-refractivity contribution in [3.63, 3.8) is 0 Å². The zero-order valence-electron chi connectivity index (χ0n) is 10.8. The number of nitrogens with zero attached hydrogens (tertiary/aromatic N) is 1. The molecule has 3 saturated carbocycles. The fraction of sp³-hybridized carbons (Fsp3) is 0.933. The number of hydrogen-bond acceptors (Lipinski definition) is 1. The molecule has 1 aliphatic heterocycles. The third-order valence-electron chi connectivity index (χ3n) is 6.12. The second-order valence-electron chi connectivity index (χ2n) is 7.02. The molecule has 1 unspecified atom stereocenters. The molecule has 0 aromatic heterocycles. The van der Waals surface area contributed by atoms with E-state index in [9.17, 15) is 4.79 Å². The first-order chi connectivity index (χ1) is 8.25. The van der Waals surface area contributed by atoms with Gasteiger partial charge in [-0.3, -0.25) is 4.79 Å². The first-order valence-corrected chi connectivity index (χ1v) is 7.54. The van der Waals surface area contributed by atoms with Crippen LogP contribution in [0.15, 0.2) is 0 Å². The molecule has 0 N–H and O–H groups in total. The van der Waals surface area contributed by atoms with Gasteiger partial charge in [0.05, 0.1) is 0 Å². The number of carbonyl (C=O) groups is 1. The SMILES string of the molecule is CC1CCN(C(=O)C2[C@@H]3[C@H]4CC[C@@H](C4)[C@H]23)CC1. The summed E-state index contributed by atoms with van der Waals surface area (Å²) in [5, 5.41) is 0. The predicted molar refractivity (Wildman–Crippen MR) is 66.3 cm³/mol. The van der Waals surface area contributed by atoms with E-state index in [0.29, 0.717) is 11.8 Å². The number of rotatable bonds is 1. The molecular formula is C15H23NO. The Labute approximate surface area is 104 Å². The lowest BCUT2D eigenvalue weighted by Gasteiger charge is -2.31. The number of fused-ring (bicyclic) bond motifs is 5. The largest absolute Gasteiger partial charge is 0.342 e. The van der Waals surface area contributed by atoms with Crippen LogP contribution in [-0.2, 0) is 4.79 Å². The molecule has 0 aromatic carbocycles. The maximum absolute atomic E-state index is 12.5. The van der Waals surface area contributed by atoms with Crippen LogP contribution in [0, 0.1) is 35.5 Å². The number of carbonyl (C=O) groups excluding carboxylic acids is 1. The second-order valence-corrected chi connectivity index (χ2v) is 7.02. The molecule has 0 aromatic rings. The molecular weight excluding hydrogens is 210 g/mol. The van der Waals surface area contributed by atoms with Gasteiger partial charge in [0, 0.05) is 19.0 Å². The Morgan fingerprint density at radius 2 is 1.59 bits per heavy atom. The van der Waals surface area contributed by atoms with Gasteiger partial charge in [0.15, 0.2) is 0 Å². The van der Waals surface area contributed by atoms with E-state index in [1.54, 1.807) is 0 Å². The highest BCUT2D eigenvalue weighted by atomic mass is 16.2. The number of likely N-dealkylation sites (tertiary alicyclic amines) is 1. The van der Waals surface area contributed by atoms with E-state index in [1.807, 2.05) is 0 Å². The fourth-order valence-electron chi connectivity index (χ4n) is 5.10. The molecule has 1 heterocycles. The Hall–Kier alpha value is -0.530. The Morgan fingerprint density at radius 1 is 1.00 bits per heavy atom. The lowest BCUT2D eigenvalue weighted by atomic mass is 9.97. The first kappa shape index (κ1) is 10.4. The highest BCUT2D eigenvalue weighted by Crippen LogP contribution is 2.69. The van der Waals surface area contributed by atoms with Gasteiger partial charge < -0.3 is 4.90 Å². The van der Waals surface area contributed by atoms with Crippen LogP contribution < -0.4 is 0 Å². The van der Waals surface area contributed by atoms with E-state index in [-0.39, 0.29) is 0 Å². The van der Waals surface area contributed by atoms with E-state index in [4.69, 9.17) is 0 Å². The third kappa shape index (κ3) is 1.42. The number of piperidine rings is 1.